The molecule has 0 saturated heterocycles. The molecule has 18 heavy (non-hydrogen) atoms. The van der Waals surface area contributed by atoms with E-state index in [0.717, 1.165) is 30.1 Å². The maximum absolute atomic E-state index is 5.52. The minimum atomic E-state index is 0.683. The van der Waals surface area contributed by atoms with E-state index in [9.17, 15) is 0 Å². The third-order valence-electron chi connectivity index (χ3n) is 2.76. The standard InChI is InChI=1S/C14H19N3O/c1-3-18-13-6-4-5-12(9-13)14-10-16-11-17(14)8-7-15-2/h4-6,9-11,15H,3,7-8H2,1-2H3. The van der Waals surface area contributed by atoms with Crippen LogP contribution in [0.3, 0.4) is 0 Å². The van der Waals surface area contributed by atoms with Gasteiger partial charge in [0.15, 0.2) is 0 Å². The molecule has 0 atom stereocenters. The summed E-state index contributed by atoms with van der Waals surface area (Å²) in [6.07, 6.45) is 3.75. The molecule has 4 heteroatoms. The van der Waals surface area contributed by atoms with Crippen molar-refractivity contribution < 1.29 is 4.74 Å². The Bertz CT molecular complexity index is 493. The average molecular weight is 245 g/mol. The molecule has 0 spiro atoms. The van der Waals surface area contributed by atoms with Crippen molar-refractivity contribution in [3.8, 4) is 17.0 Å². The molecule has 1 heterocycles. The highest BCUT2D eigenvalue weighted by molar-refractivity contribution is 5.61. The molecule has 0 radical (unpaired) electrons. The molecule has 1 aromatic carbocycles. The van der Waals surface area contributed by atoms with Crippen LogP contribution < -0.4 is 10.1 Å². The molecule has 0 fully saturated rings. The first kappa shape index (κ1) is 12.6. The van der Waals surface area contributed by atoms with Crippen molar-refractivity contribution in [1.82, 2.24) is 14.9 Å². The molecule has 96 valence electrons. The summed E-state index contributed by atoms with van der Waals surface area (Å²) in [5, 5.41) is 3.14. The Morgan fingerprint density at radius 3 is 3.06 bits per heavy atom. The summed E-state index contributed by atoms with van der Waals surface area (Å²) in [5.41, 5.74) is 2.25. The van der Waals surface area contributed by atoms with Gasteiger partial charge in [0, 0.05) is 18.7 Å². The molecule has 1 N–H and O–H groups in total. The molecule has 2 rings (SSSR count). The van der Waals surface area contributed by atoms with Gasteiger partial charge in [0.25, 0.3) is 0 Å². The van der Waals surface area contributed by atoms with Gasteiger partial charge in [-0.3, -0.25) is 0 Å². The highest BCUT2D eigenvalue weighted by Crippen LogP contribution is 2.23. The third kappa shape index (κ3) is 2.90. The summed E-state index contributed by atoms with van der Waals surface area (Å²) >= 11 is 0. The Labute approximate surface area is 108 Å². The maximum atomic E-state index is 5.52. The number of nitrogens with one attached hydrogen (secondary N) is 1. The number of hydrogen-bond donors (Lipinski definition) is 1. The Balaban J connectivity index is 2.24. The Morgan fingerprint density at radius 1 is 1.39 bits per heavy atom. The van der Waals surface area contributed by atoms with Crippen molar-refractivity contribution in [2.75, 3.05) is 20.2 Å². The number of hydrogen-bond acceptors (Lipinski definition) is 3. The van der Waals surface area contributed by atoms with Gasteiger partial charge in [0.2, 0.25) is 0 Å². The fraction of sp³-hybridized carbons (Fsp3) is 0.357. The summed E-state index contributed by atoms with van der Waals surface area (Å²) in [7, 11) is 1.95. The number of likely N-dealkylation sites (N-methyl/N-ethyl adjacent to an activating group) is 1. The van der Waals surface area contributed by atoms with E-state index in [4.69, 9.17) is 4.74 Å². The fourth-order valence-corrected chi connectivity index (χ4v) is 1.88. The molecule has 0 bridgehead atoms. The number of imidazole rings is 1. The fourth-order valence-electron chi connectivity index (χ4n) is 1.88. The molecule has 2 aromatic rings. The molecular weight excluding hydrogens is 226 g/mol. The lowest BCUT2D eigenvalue weighted by atomic mass is 10.1. The van der Waals surface area contributed by atoms with E-state index in [2.05, 4.69) is 27.0 Å². The van der Waals surface area contributed by atoms with Gasteiger partial charge in [-0.15, -0.1) is 0 Å². The third-order valence-corrected chi connectivity index (χ3v) is 2.76. The summed E-state index contributed by atoms with van der Waals surface area (Å²) in [6, 6.07) is 8.11. The number of rotatable bonds is 6. The van der Waals surface area contributed by atoms with Crippen LogP contribution in [0.25, 0.3) is 11.3 Å². The Hall–Kier alpha value is -1.81. The van der Waals surface area contributed by atoms with Gasteiger partial charge in [-0.05, 0) is 26.1 Å². The molecule has 0 amide bonds. The smallest absolute Gasteiger partial charge is 0.119 e. The van der Waals surface area contributed by atoms with E-state index in [1.807, 2.05) is 38.6 Å². The van der Waals surface area contributed by atoms with Crippen molar-refractivity contribution in [2.45, 2.75) is 13.5 Å². The van der Waals surface area contributed by atoms with Crippen LogP contribution in [0.1, 0.15) is 6.92 Å². The van der Waals surface area contributed by atoms with Crippen LogP contribution in [0.4, 0.5) is 0 Å². The van der Waals surface area contributed by atoms with Crippen LogP contribution >= 0.6 is 0 Å². The first-order chi connectivity index (χ1) is 8.85. The average Bonchev–Trinajstić information content (AvgIpc) is 2.85. The minimum absolute atomic E-state index is 0.683. The molecule has 0 aliphatic rings. The van der Waals surface area contributed by atoms with Crippen molar-refractivity contribution in [1.29, 1.82) is 0 Å². The van der Waals surface area contributed by atoms with E-state index in [-0.39, 0.29) is 0 Å². The molecule has 1 aromatic heterocycles. The van der Waals surface area contributed by atoms with Crippen molar-refractivity contribution >= 4 is 0 Å². The number of ether oxygens (including phenoxy) is 1. The topological polar surface area (TPSA) is 39.1 Å². The number of benzene rings is 1. The predicted molar refractivity (Wildman–Crippen MR) is 72.8 cm³/mol. The van der Waals surface area contributed by atoms with E-state index < -0.39 is 0 Å². The number of nitrogens with zero attached hydrogens (tertiary/aromatic N) is 2. The monoisotopic (exact) mass is 245 g/mol. The highest BCUT2D eigenvalue weighted by atomic mass is 16.5. The molecule has 0 saturated carbocycles. The second kappa shape index (κ2) is 6.21. The van der Waals surface area contributed by atoms with Gasteiger partial charge in [-0.25, -0.2) is 4.98 Å². The second-order valence-corrected chi connectivity index (χ2v) is 4.04. The molecule has 0 aliphatic carbocycles. The molecule has 4 nitrogen and oxygen atoms in total. The van der Waals surface area contributed by atoms with Gasteiger partial charge in [0.1, 0.15) is 5.75 Å². The lowest BCUT2D eigenvalue weighted by Gasteiger charge is -2.09. The molecule has 0 unspecified atom stereocenters. The Kier molecular flexibility index (Phi) is 4.36. The lowest BCUT2D eigenvalue weighted by Crippen LogP contribution is -2.14. The van der Waals surface area contributed by atoms with Crippen LogP contribution in [-0.2, 0) is 6.54 Å². The zero-order chi connectivity index (χ0) is 12.8. The minimum Gasteiger partial charge on any atom is -0.494 e. The maximum Gasteiger partial charge on any atom is 0.119 e. The van der Waals surface area contributed by atoms with Gasteiger partial charge in [-0.1, -0.05) is 12.1 Å². The van der Waals surface area contributed by atoms with E-state index in [0.29, 0.717) is 6.61 Å². The van der Waals surface area contributed by atoms with Crippen molar-refractivity contribution in [3.05, 3.63) is 36.8 Å². The second-order valence-electron chi connectivity index (χ2n) is 4.04. The van der Waals surface area contributed by atoms with Crippen molar-refractivity contribution in [2.24, 2.45) is 0 Å². The lowest BCUT2D eigenvalue weighted by molar-refractivity contribution is 0.340. The van der Waals surface area contributed by atoms with Crippen LogP contribution in [0, 0.1) is 0 Å². The SMILES string of the molecule is CCOc1cccc(-c2cncn2CCNC)c1. The first-order valence-corrected chi connectivity index (χ1v) is 6.23. The van der Waals surface area contributed by atoms with Gasteiger partial charge in [-0.2, -0.15) is 0 Å². The normalized spacial score (nSPS) is 10.6. The van der Waals surface area contributed by atoms with Crippen LogP contribution in [0.15, 0.2) is 36.8 Å². The van der Waals surface area contributed by atoms with E-state index in [1.165, 1.54) is 0 Å². The first-order valence-electron chi connectivity index (χ1n) is 6.23. The molecular formula is C14H19N3O. The zero-order valence-corrected chi connectivity index (χ0v) is 10.9. The summed E-state index contributed by atoms with van der Waals surface area (Å²) in [4.78, 5) is 4.22. The van der Waals surface area contributed by atoms with Crippen LogP contribution in [0.5, 0.6) is 5.75 Å². The highest BCUT2D eigenvalue weighted by Gasteiger charge is 2.05. The largest absolute Gasteiger partial charge is 0.494 e. The van der Waals surface area contributed by atoms with E-state index >= 15 is 0 Å². The quantitative estimate of drug-likeness (QED) is 0.847. The summed E-state index contributed by atoms with van der Waals surface area (Å²) in [6.45, 7) is 4.51. The van der Waals surface area contributed by atoms with Crippen LogP contribution in [-0.4, -0.2) is 29.8 Å². The number of aromatic nitrogens is 2. The summed E-state index contributed by atoms with van der Waals surface area (Å²) in [5.74, 6) is 0.899. The zero-order valence-electron chi connectivity index (χ0n) is 10.9. The van der Waals surface area contributed by atoms with Gasteiger partial charge >= 0.3 is 0 Å². The Morgan fingerprint density at radius 2 is 2.28 bits per heavy atom. The van der Waals surface area contributed by atoms with E-state index in [1.54, 1.807) is 0 Å². The summed E-state index contributed by atoms with van der Waals surface area (Å²) < 4.78 is 7.66. The van der Waals surface area contributed by atoms with Gasteiger partial charge in [0.05, 0.1) is 24.8 Å². The predicted octanol–water partition coefficient (Wildman–Crippen LogP) is 2.17. The van der Waals surface area contributed by atoms with Gasteiger partial charge < -0.3 is 14.6 Å². The molecule has 0 aliphatic heterocycles. The van der Waals surface area contributed by atoms with Crippen molar-refractivity contribution in [3.63, 3.8) is 0 Å². The van der Waals surface area contributed by atoms with Crippen LogP contribution in [0.2, 0.25) is 0 Å².